The molecular formula is C15H25N3O2. The molecular weight excluding hydrogens is 254 g/mol. The van der Waals surface area contributed by atoms with Crippen LogP contribution in [-0.2, 0) is 6.42 Å². The van der Waals surface area contributed by atoms with Crippen LogP contribution in [0.4, 0.5) is 0 Å². The molecule has 0 heterocycles. The van der Waals surface area contributed by atoms with Crippen LogP contribution in [0, 0.1) is 5.92 Å². The molecule has 5 heteroatoms. The first kappa shape index (κ1) is 16.1. The van der Waals surface area contributed by atoms with Crippen LogP contribution in [0.15, 0.2) is 23.2 Å². The summed E-state index contributed by atoms with van der Waals surface area (Å²) in [6.07, 6.45) is 1.83. The van der Waals surface area contributed by atoms with E-state index in [1.165, 1.54) is 7.11 Å². The molecule has 1 aromatic carbocycles. The summed E-state index contributed by atoms with van der Waals surface area (Å²) >= 11 is 0. The van der Waals surface area contributed by atoms with E-state index in [2.05, 4.69) is 24.2 Å². The fraction of sp³-hybridized carbons (Fsp3) is 0.533. The molecule has 0 saturated carbocycles. The van der Waals surface area contributed by atoms with Crippen molar-refractivity contribution in [3.8, 4) is 11.5 Å². The van der Waals surface area contributed by atoms with Gasteiger partial charge in [-0.15, -0.1) is 0 Å². The molecule has 5 nitrogen and oxygen atoms in total. The maximum atomic E-state index is 9.51. The van der Waals surface area contributed by atoms with Gasteiger partial charge >= 0.3 is 0 Å². The number of benzene rings is 1. The molecule has 1 aromatic rings. The third kappa shape index (κ3) is 5.82. The van der Waals surface area contributed by atoms with E-state index in [-0.39, 0.29) is 5.75 Å². The third-order valence-corrected chi connectivity index (χ3v) is 2.95. The Morgan fingerprint density at radius 2 is 2.20 bits per heavy atom. The molecule has 0 aromatic heterocycles. The summed E-state index contributed by atoms with van der Waals surface area (Å²) < 4.78 is 5.07. The van der Waals surface area contributed by atoms with Crippen molar-refractivity contribution in [2.24, 2.45) is 16.6 Å². The van der Waals surface area contributed by atoms with Crippen molar-refractivity contribution in [3.05, 3.63) is 23.8 Å². The summed E-state index contributed by atoms with van der Waals surface area (Å²) in [5.74, 6) is 1.76. The van der Waals surface area contributed by atoms with E-state index in [0.717, 1.165) is 24.9 Å². The minimum absolute atomic E-state index is 0.152. The van der Waals surface area contributed by atoms with Gasteiger partial charge in [-0.05, 0) is 36.5 Å². The number of nitrogens with zero attached hydrogens (tertiary/aromatic N) is 1. The average molecular weight is 279 g/mol. The number of nitrogens with two attached hydrogens (primary N) is 1. The van der Waals surface area contributed by atoms with Crippen molar-refractivity contribution in [1.29, 1.82) is 0 Å². The second-order valence-electron chi connectivity index (χ2n) is 5.13. The highest BCUT2D eigenvalue weighted by Gasteiger charge is 2.02. The smallest absolute Gasteiger partial charge is 0.188 e. The van der Waals surface area contributed by atoms with Gasteiger partial charge < -0.3 is 20.9 Å². The van der Waals surface area contributed by atoms with Gasteiger partial charge in [0.25, 0.3) is 0 Å². The van der Waals surface area contributed by atoms with Crippen molar-refractivity contribution >= 4 is 5.96 Å². The summed E-state index contributed by atoms with van der Waals surface area (Å²) in [6.45, 7) is 5.78. The lowest BCUT2D eigenvalue weighted by atomic mass is 10.1. The van der Waals surface area contributed by atoms with Crippen LogP contribution in [0.2, 0.25) is 0 Å². The second kappa shape index (κ2) is 8.30. The van der Waals surface area contributed by atoms with Crippen molar-refractivity contribution in [1.82, 2.24) is 5.32 Å². The van der Waals surface area contributed by atoms with E-state index < -0.39 is 0 Å². The third-order valence-electron chi connectivity index (χ3n) is 2.95. The molecule has 0 aliphatic heterocycles. The van der Waals surface area contributed by atoms with Gasteiger partial charge in [-0.3, -0.25) is 4.99 Å². The highest BCUT2D eigenvalue weighted by molar-refractivity contribution is 5.77. The molecule has 0 aliphatic carbocycles. The Balaban J connectivity index is 2.36. The van der Waals surface area contributed by atoms with E-state index in [0.29, 0.717) is 24.2 Å². The zero-order chi connectivity index (χ0) is 15.0. The summed E-state index contributed by atoms with van der Waals surface area (Å²) in [6, 6.07) is 5.32. The maximum absolute atomic E-state index is 9.51. The molecule has 4 N–H and O–H groups in total. The first-order valence-electron chi connectivity index (χ1n) is 6.92. The molecule has 0 fully saturated rings. The Bertz CT molecular complexity index is 445. The highest BCUT2D eigenvalue weighted by Crippen LogP contribution is 2.26. The number of methoxy groups -OCH3 is 1. The minimum atomic E-state index is 0.152. The molecule has 0 bridgehead atoms. The second-order valence-corrected chi connectivity index (χ2v) is 5.13. The first-order valence-corrected chi connectivity index (χ1v) is 6.92. The van der Waals surface area contributed by atoms with E-state index in [4.69, 9.17) is 10.5 Å². The Hall–Kier alpha value is -1.91. The van der Waals surface area contributed by atoms with Gasteiger partial charge in [0, 0.05) is 13.1 Å². The predicted molar refractivity (Wildman–Crippen MR) is 82.3 cm³/mol. The minimum Gasteiger partial charge on any atom is -0.504 e. The number of hydrogen-bond acceptors (Lipinski definition) is 3. The van der Waals surface area contributed by atoms with Crippen LogP contribution in [-0.4, -0.2) is 31.3 Å². The topological polar surface area (TPSA) is 79.9 Å². The molecule has 0 spiro atoms. The van der Waals surface area contributed by atoms with Gasteiger partial charge in [-0.1, -0.05) is 19.9 Å². The Morgan fingerprint density at radius 1 is 1.45 bits per heavy atom. The Kier molecular flexibility index (Phi) is 6.70. The fourth-order valence-electron chi connectivity index (χ4n) is 1.71. The SMILES string of the molecule is COc1cc(CCNC(N)=NCCC(C)C)ccc1O. The number of hydrogen-bond donors (Lipinski definition) is 3. The maximum Gasteiger partial charge on any atom is 0.188 e. The van der Waals surface area contributed by atoms with Crippen molar-refractivity contribution in [2.45, 2.75) is 26.7 Å². The fourth-order valence-corrected chi connectivity index (χ4v) is 1.71. The van der Waals surface area contributed by atoms with Gasteiger partial charge in [0.1, 0.15) is 0 Å². The molecule has 0 radical (unpaired) electrons. The first-order chi connectivity index (χ1) is 9.52. The Morgan fingerprint density at radius 3 is 2.85 bits per heavy atom. The van der Waals surface area contributed by atoms with Crippen molar-refractivity contribution < 1.29 is 9.84 Å². The van der Waals surface area contributed by atoms with Gasteiger partial charge in [-0.25, -0.2) is 0 Å². The van der Waals surface area contributed by atoms with Crippen LogP contribution in [0.1, 0.15) is 25.8 Å². The lowest BCUT2D eigenvalue weighted by Gasteiger charge is -2.08. The normalized spacial score (nSPS) is 11.7. The molecule has 1 rings (SSSR count). The highest BCUT2D eigenvalue weighted by atomic mass is 16.5. The van der Waals surface area contributed by atoms with Crippen LogP contribution in [0.25, 0.3) is 0 Å². The zero-order valence-corrected chi connectivity index (χ0v) is 12.5. The Labute approximate surface area is 120 Å². The molecule has 20 heavy (non-hydrogen) atoms. The number of phenols is 1. The monoisotopic (exact) mass is 279 g/mol. The molecule has 0 atom stereocenters. The summed E-state index contributed by atoms with van der Waals surface area (Å²) in [5.41, 5.74) is 6.85. The number of nitrogens with one attached hydrogen (secondary N) is 1. The summed E-state index contributed by atoms with van der Waals surface area (Å²) in [4.78, 5) is 4.26. The van der Waals surface area contributed by atoms with E-state index in [9.17, 15) is 5.11 Å². The number of phenolic OH excluding ortho intramolecular Hbond substituents is 1. The van der Waals surface area contributed by atoms with Gasteiger partial charge in [0.15, 0.2) is 17.5 Å². The number of aromatic hydroxyl groups is 1. The summed E-state index contributed by atoms with van der Waals surface area (Å²) in [5, 5.41) is 12.6. The molecule has 0 saturated heterocycles. The lowest BCUT2D eigenvalue weighted by Crippen LogP contribution is -2.33. The number of ether oxygens (including phenoxy) is 1. The van der Waals surface area contributed by atoms with Crippen LogP contribution in [0.5, 0.6) is 11.5 Å². The standard InChI is InChI=1S/C15H25N3O2/c1-11(2)6-8-17-15(16)18-9-7-12-4-5-13(19)14(10-12)20-3/h4-5,10-11,19H,6-9H2,1-3H3,(H3,16,17,18). The predicted octanol–water partition coefficient (Wildman–Crippen LogP) is 1.89. The van der Waals surface area contributed by atoms with E-state index in [1.54, 1.807) is 6.07 Å². The summed E-state index contributed by atoms with van der Waals surface area (Å²) in [7, 11) is 1.54. The van der Waals surface area contributed by atoms with Crippen molar-refractivity contribution in [3.63, 3.8) is 0 Å². The van der Waals surface area contributed by atoms with Crippen molar-refractivity contribution in [2.75, 3.05) is 20.2 Å². The van der Waals surface area contributed by atoms with Gasteiger partial charge in [-0.2, -0.15) is 0 Å². The molecule has 112 valence electrons. The molecule has 0 amide bonds. The number of aliphatic imine (C=N–C) groups is 1. The van der Waals surface area contributed by atoms with Crippen LogP contribution < -0.4 is 15.8 Å². The van der Waals surface area contributed by atoms with E-state index >= 15 is 0 Å². The molecule has 0 unspecified atom stereocenters. The van der Waals surface area contributed by atoms with E-state index in [1.807, 2.05) is 12.1 Å². The number of guanidine groups is 1. The van der Waals surface area contributed by atoms with Crippen LogP contribution >= 0.6 is 0 Å². The van der Waals surface area contributed by atoms with Gasteiger partial charge in [0.2, 0.25) is 0 Å². The molecule has 0 aliphatic rings. The zero-order valence-electron chi connectivity index (χ0n) is 12.5. The quantitative estimate of drug-likeness (QED) is 0.526. The van der Waals surface area contributed by atoms with Gasteiger partial charge in [0.05, 0.1) is 7.11 Å². The number of rotatable bonds is 7. The lowest BCUT2D eigenvalue weighted by molar-refractivity contribution is 0.373. The van der Waals surface area contributed by atoms with Crippen LogP contribution in [0.3, 0.4) is 0 Å². The average Bonchev–Trinajstić information content (AvgIpc) is 2.40. The largest absolute Gasteiger partial charge is 0.504 e.